The molecule has 0 amide bonds. The van der Waals surface area contributed by atoms with Crippen molar-refractivity contribution in [3.8, 4) is 0 Å². The van der Waals surface area contributed by atoms with Crippen LogP contribution in [0, 0.1) is 0 Å². The first-order chi connectivity index (χ1) is 14.4. The molecular weight excluding hydrogens is 354 g/mol. The molecule has 2 aromatic heterocycles. The van der Waals surface area contributed by atoms with Crippen molar-refractivity contribution in [2.24, 2.45) is 0 Å². The van der Waals surface area contributed by atoms with Crippen LogP contribution in [0.25, 0.3) is 0 Å². The molecule has 0 aliphatic heterocycles. The molecule has 0 fully saturated rings. The van der Waals surface area contributed by atoms with Crippen LogP contribution >= 0.6 is 0 Å². The van der Waals surface area contributed by atoms with Crippen molar-refractivity contribution in [2.45, 2.75) is 19.0 Å². The van der Waals surface area contributed by atoms with Crippen LogP contribution in [0.4, 0.5) is 0 Å². The molecule has 0 saturated carbocycles. The molecule has 144 valence electrons. The maximum atomic E-state index is 4.55. The van der Waals surface area contributed by atoms with Crippen LogP contribution in [-0.2, 0) is 13.1 Å². The lowest BCUT2D eigenvalue weighted by Crippen LogP contribution is -2.29. The molecule has 4 rings (SSSR count). The van der Waals surface area contributed by atoms with Gasteiger partial charge in [-0.3, -0.25) is 14.9 Å². The van der Waals surface area contributed by atoms with E-state index < -0.39 is 0 Å². The monoisotopic (exact) mass is 379 g/mol. The van der Waals surface area contributed by atoms with Crippen LogP contribution in [0.15, 0.2) is 109 Å². The fourth-order valence-corrected chi connectivity index (χ4v) is 3.66. The van der Waals surface area contributed by atoms with Gasteiger partial charge in [0.25, 0.3) is 0 Å². The van der Waals surface area contributed by atoms with Crippen molar-refractivity contribution >= 4 is 0 Å². The summed E-state index contributed by atoms with van der Waals surface area (Å²) in [4.78, 5) is 11.5. The van der Waals surface area contributed by atoms with Gasteiger partial charge in [-0.25, -0.2) is 0 Å². The van der Waals surface area contributed by atoms with Crippen molar-refractivity contribution in [2.75, 3.05) is 6.54 Å². The molecule has 4 aromatic rings. The van der Waals surface area contributed by atoms with Crippen LogP contribution in [0.1, 0.15) is 28.4 Å². The third kappa shape index (κ3) is 5.37. The van der Waals surface area contributed by atoms with E-state index in [4.69, 9.17) is 0 Å². The highest BCUT2D eigenvalue weighted by Crippen LogP contribution is 2.26. The molecule has 3 heteroatoms. The maximum absolute atomic E-state index is 4.55. The zero-order valence-corrected chi connectivity index (χ0v) is 16.4. The van der Waals surface area contributed by atoms with Gasteiger partial charge in [0.05, 0.1) is 11.4 Å². The van der Waals surface area contributed by atoms with Gasteiger partial charge in [-0.05, 0) is 35.4 Å². The first-order valence-corrected chi connectivity index (χ1v) is 10.0. The van der Waals surface area contributed by atoms with E-state index in [1.165, 1.54) is 11.1 Å². The molecule has 0 radical (unpaired) electrons. The molecule has 2 aromatic carbocycles. The topological polar surface area (TPSA) is 29.0 Å². The fraction of sp³-hybridized carbons (Fsp3) is 0.154. The zero-order chi connectivity index (χ0) is 19.7. The van der Waals surface area contributed by atoms with Crippen LogP contribution in [0.3, 0.4) is 0 Å². The Morgan fingerprint density at radius 1 is 0.552 bits per heavy atom. The van der Waals surface area contributed by atoms with Gasteiger partial charge in [-0.2, -0.15) is 0 Å². The quantitative estimate of drug-likeness (QED) is 0.415. The number of aromatic nitrogens is 2. The normalized spacial score (nSPS) is 11.1. The summed E-state index contributed by atoms with van der Waals surface area (Å²) in [6.45, 7) is 2.46. The van der Waals surface area contributed by atoms with Crippen molar-refractivity contribution in [3.05, 3.63) is 132 Å². The summed E-state index contributed by atoms with van der Waals surface area (Å²) in [7, 11) is 0. The first-order valence-electron chi connectivity index (χ1n) is 10.0. The first kappa shape index (κ1) is 19.0. The molecule has 0 saturated heterocycles. The standard InChI is InChI=1S/C26H25N3/c1-3-11-22(12-4-1)26(23-13-5-2-6-14-23)21-29(19-24-15-7-9-17-27-24)20-25-16-8-10-18-28-25/h1-18,26H,19-21H2. The highest BCUT2D eigenvalue weighted by atomic mass is 15.1. The van der Waals surface area contributed by atoms with E-state index in [-0.39, 0.29) is 5.92 Å². The number of benzene rings is 2. The van der Waals surface area contributed by atoms with Gasteiger partial charge < -0.3 is 0 Å². The van der Waals surface area contributed by atoms with E-state index in [2.05, 4.69) is 87.7 Å². The van der Waals surface area contributed by atoms with Crippen molar-refractivity contribution in [1.82, 2.24) is 14.9 Å². The Bertz CT molecular complexity index is 892. The summed E-state index contributed by atoms with van der Waals surface area (Å²) >= 11 is 0. The Hall–Kier alpha value is -3.30. The summed E-state index contributed by atoms with van der Waals surface area (Å²) in [5, 5.41) is 0. The average Bonchev–Trinajstić information content (AvgIpc) is 2.80. The Labute approximate surface area is 172 Å². The van der Waals surface area contributed by atoms with Gasteiger partial charge in [0.2, 0.25) is 0 Å². The smallest absolute Gasteiger partial charge is 0.0544 e. The molecule has 0 atom stereocenters. The SMILES string of the molecule is c1ccc(C(CN(Cc2ccccn2)Cc2ccccn2)c2ccccc2)cc1. The predicted molar refractivity (Wildman–Crippen MR) is 117 cm³/mol. The van der Waals surface area contributed by atoms with Crippen LogP contribution in [0.2, 0.25) is 0 Å². The summed E-state index contributed by atoms with van der Waals surface area (Å²) < 4.78 is 0. The van der Waals surface area contributed by atoms with E-state index in [0.29, 0.717) is 0 Å². The Balaban J connectivity index is 1.64. The fourth-order valence-electron chi connectivity index (χ4n) is 3.66. The molecule has 0 unspecified atom stereocenters. The minimum absolute atomic E-state index is 0.282. The van der Waals surface area contributed by atoms with Gasteiger partial charge in [-0.15, -0.1) is 0 Å². The minimum Gasteiger partial charge on any atom is -0.291 e. The van der Waals surface area contributed by atoms with Gasteiger partial charge in [0.1, 0.15) is 0 Å². The summed E-state index contributed by atoms with van der Waals surface area (Å²) in [6.07, 6.45) is 3.72. The molecular formula is C26H25N3. The minimum atomic E-state index is 0.282. The zero-order valence-electron chi connectivity index (χ0n) is 16.4. The largest absolute Gasteiger partial charge is 0.291 e. The average molecular weight is 380 g/mol. The number of hydrogen-bond acceptors (Lipinski definition) is 3. The maximum Gasteiger partial charge on any atom is 0.0544 e. The molecule has 3 nitrogen and oxygen atoms in total. The molecule has 29 heavy (non-hydrogen) atoms. The van der Waals surface area contributed by atoms with Crippen molar-refractivity contribution in [3.63, 3.8) is 0 Å². The Kier molecular flexibility index (Phi) is 6.41. The summed E-state index contributed by atoms with van der Waals surface area (Å²) in [6, 6.07) is 33.7. The number of hydrogen-bond donors (Lipinski definition) is 0. The van der Waals surface area contributed by atoms with E-state index in [1.807, 2.05) is 36.7 Å². The molecule has 0 aliphatic carbocycles. The Morgan fingerprint density at radius 3 is 1.41 bits per heavy atom. The molecule has 0 aliphatic rings. The number of pyridine rings is 2. The van der Waals surface area contributed by atoms with Gasteiger partial charge in [0, 0.05) is 37.9 Å². The second kappa shape index (κ2) is 9.76. The molecule has 0 spiro atoms. The third-order valence-electron chi connectivity index (χ3n) is 5.07. The predicted octanol–water partition coefficient (Wildman–Crippen LogP) is 5.31. The van der Waals surface area contributed by atoms with Crippen LogP contribution in [0.5, 0.6) is 0 Å². The molecule has 0 N–H and O–H groups in total. The molecule has 0 bridgehead atoms. The van der Waals surface area contributed by atoms with Crippen LogP contribution < -0.4 is 0 Å². The summed E-state index contributed by atoms with van der Waals surface area (Å²) in [5.74, 6) is 0.282. The van der Waals surface area contributed by atoms with E-state index >= 15 is 0 Å². The number of rotatable bonds is 8. The lowest BCUT2D eigenvalue weighted by atomic mass is 9.90. The Morgan fingerprint density at radius 2 is 1.00 bits per heavy atom. The van der Waals surface area contributed by atoms with Gasteiger partial charge in [-0.1, -0.05) is 72.8 Å². The van der Waals surface area contributed by atoms with E-state index in [1.54, 1.807) is 0 Å². The third-order valence-corrected chi connectivity index (χ3v) is 5.07. The second-order valence-corrected chi connectivity index (χ2v) is 7.19. The number of nitrogens with zero attached hydrogens (tertiary/aromatic N) is 3. The van der Waals surface area contributed by atoms with Crippen molar-refractivity contribution in [1.29, 1.82) is 0 Å². The lowest BCUT2D eigenvalue weighted by Gasteiger charge is -2.28. The van der Waals surface area contributed by atoms with Crippen LogP contribution in [-0.4, -0.2) is 21.4 Å². The highest BCUT2D eigenvalue weighted by molar-refractivity contribution is 5.33. The van der Waals surface area contributed by atoms with Crippen molar-refractivity contribution < 1.29 is 0 Å². The second-order valence-electron chi connectivity index (χ2n) is 7.19. The van der Waals surface area contributed by atoms with E-state index in [9.17, 15) is 0 Å². The lowest BCUT2D eigenvalue weighted by molar-refractivity contribution is 0.243. The summed E-state index contributed by atoms with van der Waals surface area (Å²) in [5.41, 5.74) is 4.79. The van der Waals surface area contributed by atoms with Gasteiger partial charge >= 0.3 is 0 Å². The van der Waals surface area contributed by atoms with Gasteiger partial charge in [0.15, 0.2) is 0 Å². The molecule has 2 heterocycles. The van der Waals surface area contributed by atoms with E-state index in [0.717, 1.165) is 31.0 Å². The highest BCUT2D eigenvalue weighted by Gasteiger charge is 2.19.